The van der Waals surface area contributed by atoms with Crippen LogP contribution in [0.5, 0.6) is 0 Å². The Balaban J connectivity index is 1.64. The van der Waals surface area contributed by atoms with Crippen molar-refractivity contribution < 1.29 is 14.2 Å². The number of hydrogen-bond donors (Lipinski definition) is 1. The predicted octanol–water partition coefficient (Wildman–Crippen LogP) is 2.93. The lowest BCUT2D eigenvalue weighted by molar-refractivity contribution is -0.0471. The van der Waals surface area contributed by atoms with Gasteiger partial charge in [0.05, 0.1) is 25.0 Å². The molecule has 22 heavy (non-hydrogen) atoms. The van der Waals surface area contributed by atoms with Crippen LogP contribution in [-0.4, -0.2) is 31.9 Å². The van der Waals surface area contributed by atoms with E-state index < -0.39 is 0 Å². The first-order valence-electron chi connectivity index (χ1n) is 7.38. The van der Waals surface area contributed by atoms with Crippen molar-refractivity contribution in [3.05, 3.63) is 59.8 Å². The average Bonchev–Trinajstić information content (AvgIpc) is 3.11. The van der Waals surface area contributed by atoms with Crippen molar-refractivity contribution >= 4 is 5.82 Å². The van der Waals surface area contributed by atoms with Crippen molar-refractivity contribution in [3.63, 3.8) is 0 Å². The molecule has 2 aromatic rings. The summed E-state index contributed by atoms with van der Waals surface area (Å²) in [6.07, 6.45) is -0.375. The number of nitrogens with one attached hydrogen (secondary N) is 1. The largest absolute Gasteiger partial charge is 0.375 e. The highest BCUT2D eigenvalue weighted by atomic mass is 16.7. The third kappa shape index (κ3) is 3.62. The van der Waals surface area contributed by atoms with E-state index in [0.717, 1.165) is 17.1 Å². The van der Waals surface area contributed by atoms with E-state index in [0.29, 0.717) is 19.8 Å². The first-order valence-corrected chi connectivity index (χ1v) is 7.38. The first-order chi connectivity index (χ1) is 10.9. The summed E-state index contributed by atoms with van der Waals surface area (Å²) in [7, 11) is 1.71. The van der Waals surface area contributed by atoms with Crippen molar-refractivity contribution in [1.82, 2.24) is 4.98 Å². The van der Waals surface area contributed by atoms with E-state index in [1.54, 1.807) is 7.11 Å². The van der Waals surface area contributed by atoms with Gasteiger partial charge in [0.15, 0.2) is 0 Å². The SMILES string of the molecule is CO[C@H](CNc1cccc(C2OCCO2)n1)c1ccccc1. The standard InChI is InChI=1S/C17H20N2O3/c1-20-15(13-6-3-2-4-7-13)12-18-16-9-5-8-14(19-16)17-21-10-11-22-17/h2-9,15,17H,10-12H2,1H3,(H,18,19)/t15-/m1/s1. The number of ether oxygens (including phenoxy) is 3. The maximum absolute atomic E-state index is 5.55. The summed E-state index contributed by atoms with van der Waals surface area (Å²) < 4.78 is 16.5. The molecule has 1 saturated heterocycles. The Hall–Kier alpha value is -1.95. The van der Waals surface area contributed by atoms with Gasteiger partial charge in [-0.3, -0.25) is 0 Å². The predicted molar refractivity (Wildman–Crippen MR) is 83.6 cm³/mol. The summed E-state index contributed by atoms with van der Waals surface area (Å²) in [5.74, 6) is 0.787. The summed E-state index contributed by atoms with van der Waals surface area (Å²) in [5.41, 5.74) is 1.92. The molecule has 116 valence electrons. The number of methoxy groups -OCH3 is 1. The molecule has 3 rings (SSSR count). The number of aromatic nitrogens is 1. The third-order valence-corrected chi connectivity index (χ3v) is 3.56. The Labute approximate surface area is 130 Å². The maximum atomic E-state index is 5.55. The van der Waals surface area contributed by atoms with Gasteiger partial charge in [0, 0.05) is 13.7 Å². The van der Waals surface area contributed by atoms with Crippen LogP contribution >= 0.6 is 0 Å². The minimum atomic E-state index is -0.353. The van der Waals surface area contributed by atoms with Crippen molar-refractivity contribution in [1.29, 1.82) is 0 Å². The van der Waals surface area contributed by atoms with Crippen molar-refractivity contribution in [2.45, 2.75) is 12.4 Å². The van der Waals surface area contributed by atoms with Crippen molar-refractivity contribution in [2.75, 3.05) is 32.2 Å². The number of nitrogens with zero attached hydrogens (tertiary/aromatic N) is 1. The molecule has 1 aliphatic heterocycles. The number of rotatable bonds is 6. The molecule has 0 amide bonds. The van der Waals surface area contributed by atoms with Gasteiger partial charge in [-0.1, -0.05) is 36.4 Å². The molecule has 0 saturated carbocycles. The van der Waals surface area contributed by atoms with Gasteiger partial charge in [-0.15, -0.1) is 0 Å². The second kappa shape index (κ2) is 7.35. The molecular weight excluding hydrogens is 280 g/mol. The number of anilines is 1. The zero-order chi connectivity index (χ0) is 15.2. The molecule has 0 radical (unpaired) electrons. The zero-order valence-corrected chi connectivity index (χ0v) is 12.6. The normalized spacial score (nSPS) is 16.6. The maximum Gasteiger partial charge on any atom is 0.201 e. The molecule has 2 heterocycles. The Bertz CT molecular complexity index is 585. The van der Waals surface area contributed by atoms with Gasteiger partial charge in [-0.05, 0) is 17.7 Å². The molecule has 5 nitrogen and oxygen atoms in total. The van der Waals surface area contributed by atoms with Crippen LogP contribution in [0.4, 0.5) is 5.82 Å². The van der Waals surface area contributed by atoms with E-state index in [1.165, 1.54) is 0 Å². The Morgan fingerprint density at radius 2 is 1.91 bits per heavy atom. The van der Waals surface area contributed by atoms with E-state index in [4.69, 9.17) is 14.2 Å². The topological polar surface area (TPSA) is 52.6 Å². The van der Waals surface area contributed by atoms with E-state index in [9.17, 15) is 0 Å². The van der Waals surface area contributed by atoms with Gasteiger partial charge >= 0.3 is 0 Å². The molecule has 1 aliphatic rings. The number of benzene rings is 1. The summed E-state index contributed by atoms with van der Waals surface area (Å²) in [4.78, 5) is 4.54. The second-order valence-electron chi connectivity index (χ2n) is 5.04. The van der Waals surface area contributed by atoms with Crippen molar-refractivity contribution in [2.24, 2.45) is 0 Å². The lowest BCUT2D eigenvalue weighted by Crippen LogP contribution is -2.15. The van der Waals surface area contributed by atoms with E-state index in [2.05, 4.69) is 22.4 Å². The quantitative estimate of drug-likeness (QED) is 0.889. The van der Waals surface area contributed by atoms with E-state index >= 15 is 0 Å². The first kappa shape index (κ1) is 15.0. The second-order valence-corrected chi connectivity index (χ2v) is 5.04. The third-order valence-electron chi connectivity index (χ3n) is 3.56. The van der Waals surface area contributed by atoms with Crippen LogP contribution in [0.3, 0.4) is 0 Å². The zero-order valence-electron chi connectivity index (χ0n) is 12.6. The Morgan fingerprint density at radius 1 is 1.14 bits per heavy atom. The van der Waals surface area contributed by atoms with E-state index in [1.807, 2.05) is 36.4 Å². The fourth-order valence-corrected chi connectivity index (χ4v) is 2.41. The van der Waals surface area contributed by atoms with Crippen LogP contribution in [0.2, 0.25) is 0 Å². The highest BCUT2D eigenvalue weighted by molar-refractivity contribution is 5.36. The lowest BCUT2D eigenvalue weighted by atomic mass is 10.1. The molecule has 1 aromatic heterocycles. The van der Waals surface area contributed by atoms with Gasteiger partial charge in [0.2, 0.25) is 6.29 Å². The molecule has 0 bridgehead atoms. The van der Waals surface area contributed by atoms with Crippen LogP contribution < -0.4 is 5.32 Å². The number of pyridine rings is 1. The highest BCUT2D eigenvalue weighted by Crippen LogP contribution is 2.23. The fourth-order valence-electron chi connectivity index (χ4n) is 2.41. The van der Waals surface area contributed by atoms with Gasteiger partial charge in [-0.25, -0.2) is 4.98 Å². The molecule has 0 unspecified atom stereocenters. The molecule has 1 aromatic carbocycles. The Morgan fingerprint density at radius 3 is 2.64 bits per heavy atom. The van der Waals surface area contributed by atoms with Crippen LogP contribution in [0, 0.1) is 0 Å². The summed E-state index contributed by atoms with van der Waals surface area (Å²) in [5, 5.41) is 3.31. The van der Waals surface area contributed by atoms with E-state index in [-0.39, 0.29) is 12.4 Å². The summed E-state index contributed by atoms with van der Waals surface area (Å²) >= 11 is 0. The smallest absolute Gasteiger partial charge is 0.201 e. The van der Waals surface area contributed by atoms with Crippen molar-refractivity contribution in [3.8, 4) is 0 Å². The molecule has 0 spiro atoms. The van der Waals surface area contributed by atoms with Crippen LogP contribution in [-0.2, 0) is 14.2 Å². The van der Waals surface area contributed by atoms with Gasteiger partial charge in [0.1, 0.15) is 5.82 Å². The monoisotopic (exact) mass is 300 g/mol. The molecule has 5 heteroatoms. The summed E-state index contributed by atoms with van der Waals surface area (Å²) in [6.45, 7) is 1.87. The van der Waals surface area contributed by atoms with Gasteiger partial charge < -0.3 is 19.5 Å². The lowest BCUT2D eigenvalue weighted by Gasteiger charge is -2.17. The fraction of sp³-hybridized carbons (Fsp3) is 0.353. The minimum absolute atomic E-state index is 0.0226. The average molecular weight is 300 g/mol. The van der Waals surface area contributed by atoms with Gasteiger partial charge in [-0.2, -0.15) is 0 Å². The van der Waals surface area contributed by atoms with Crippen LogP contribution in [0.15, 0.2) is 48.5 Å². The van der Waals surface area contributed by atoms with Crippen LogP contribution in [0.1, 0.15) is 23.7 Å². The molecule has 1 N–H and O–H groups in total. The van der Waals surface area contributed by atoms with Crippen LogP contribution in [0.25, 0.3) is 0 Å². The molecular formula is C17H20N2O3. The molecule has 1 fully saturated rings. The Kier molecular flexibility index (Phi) is 5.00. The highest BCUT2D eigenvalue weighted by Gasteiger charge is 2.19. The molecule has 1 atom stereocenters. The number of hydrogen-bond acceptors (Lipinski definition) is 5. The minimum Gasteiger partial charge on any atom is -0.375 e. The molecule has 0 aliphatic carbocycles. The summed E-state index contributed by atoms with van der Waals surface area (Å²) in [6, 6.07) is 15.9. The van der Waals surface area contributed by atoms with Gasteiger partial charge in [0.25, 0.3) is 0 Å².